The van der Waals surface area contributed by atoms with Gasteiger partial charge < -0.3 is 5.73 Å². The molecule has 21 heavy (non-hydrogen) atoms. The fourth-order valence-corrected chi connectivity index (χ4v) is 3.13. The van der Waals surface area contributed by atoms with E-state index in [1.165, 1.54) is 6.07 Å². The van der Waals surface area contributed by atoms with E-state index in [1.807, 2.05) is 24.3 Å². The maximum absolute atomic E-state index is 13.8. The maximum Gasteiger partial charge on any atom is 0.153 e. The predicted octanol–water partition coefficient (Wildman–Crippen LogP) is 4.99. The summed E-state index contributed by atoms with van der Waals surface area (Å²) in [4.78, 5) is 0. The van der Waals surface area contributed by atoms with Crippen molar-refractivity contribution in [1.82, 2.24) is 10.2 Å². The van der Waals surface area contributed by atoms with Crippen LogP contribution in [-0.2, 0) is 0 Å². The highest BCUT2D eigenvalue weighted by molar-refractivity contribution is 9.11. The Morgan fingerprint density at radius 3 is 2.48 bits per heavy atom. The summed E-state index contributed by atoms with van der Waals surface area (Å²) in [5, 5.41) is 6.96. The van der Waals surface area contributed by atoms with Crippen LogP contribution >= 0.6 is 31.9 Å². The van der Waals surface area contributed by atoms with Gasteiger partial charge in [-0.25, -0.2) is 4.39 Å². The van der Waals surface area contributed by atoms with Crippen molar-refractivity contribution in [3.05, 3.63) is 57.2 Å². The van der Waals surface area contributed by atoms with E-state index in [-0.39, 0.29) is 5.82 Å². The number of aromatic amines is 1. The summed E-state index contributed by atoms with van der Waals surface area (Å²) in [6.45, 7) is 0. The number of rotatable bonds is 2. The third-order valence-corrected chi connectivity index (χ3v) is 4.66. The molecule has 3 aromatic rings. The zero-order valence-electron chi connectivity index (χ0n) is 10.7. The van der Waals surface area contributed by atoms with Crippen LogP contribution in [0.2, 0.25) is 0 Å². The van der Waals surface area contributed by atoms with E-state index in [1.54, 1.807) is 12.1 Å². The van der Waals surface area contributed by atoms with Gasteiger partial charge in [-0.05, 0) is 28.1 Å². The molecule has 106 valence electrons. The summed E-state index contributed by atoms with van der Waals surface area (Å²) in [5.41, 5.74) is 8.98. The summed E-state index contributed by atoms with van der Waals surface area (Å²) in [7, 11) is 0. The number of nitrogens with one attached hydrogen (secondary N) is 1. The largest absolute Gasteiger partial charge is 0.382 e. The van der Waals surface area contributed by atoms with E-state index in [4.69, 9.17) is 5.73 Å². The molecular formula is C15H10Br2FN3. The van der Waals surface area contributed by atoms with Crippen LogP contribution in [0.4, 0.5) is 10.2 Å². The molecule has 0 bridgehead atoms. The Kier molecular flexibility index (Phi) is 3.82. The van der Waals surface area contributed by atoms with Gasteiger partial charge in [-0.2, -0.15) is 5.10 Å². The Morgan fingerprint density at radius 2 is 1.71 bits per heavy atom. The smallest absolute Gasteiger partial charge is 0.153 e. The number of benzene rings is 2. The number of nitrogen functional groups attached to an aromatic ring is 1. The first kappa shape index (κ1) is 14.3. The molecule has 0 spiro atoms. The lowest BCUT2D eigenvalue weighted by Gasteiger charge is -2.08. The number of nitrogens with zero attached hydrogens (tertiary/aromatic N) is 1. The maximum atomic E-state index is 13.8. The van der Waals surface area contributed by atoms with Crippen molar-refractivity contribution in [2.75, 3.05) is 5.73 Å². The summed E-state index contributed by atoms with van der Waals surface area (Å²) in [6.07, 6.45) is 0. The van der Waals surface area contributed by atoms with Crippen LogP contribution < -0.4 is 5.73 Å². The number of hydrogen-bond donors (Lipinski definition) is 2. The first-order valence-corrected chi connectivity index (χ1v) is 7.71. The Morgan fingerprint density at radius 1 is 1.00 bits per heavy atom. The highest BCUT2D eigenvalue weighted by Crippen LogP contribution is 2.40. The minimum atomic E-state index is -0.334. The predicted molar refractivity (Wildman–Crippen MR) is 89.2 cm³/mol. The molecule has 0 radical (unpaired) electrons. The molecule has 3 rings (SSSR count). The molecule has 0 fully saturated rings. The van der Waals surface area contributed by atoms with E-state index >= 15 is 0 Å². The lowest BCUT2D eigenvalue weighted by molar-refractivity contribution is 0.621. The number of anilines is 1. The lowest BCUT2D eigenvalue weighted by Crippen LogP contribution is -1.91. The molecule has 0 atom stereocenters. The fourth-order valence-electron chi connectivity index (χ4n) is 2.18. The minimum absolute atomic E-state index is 0.334. The molecule has 6 heteroatoms. The Hall–Kier alpha value is -1.66. The number of aromatic nitrogens is 2. The molecule has 0 aliphatic rings. The van der Waals surface area contributed by atoms with Crippen LogP contribution in [-0.4, -0.2) is 10.2 Å². The van der Waals surface area contributed by atoms with Gasteiger partial charge in [-0.15, -0.1) is 0 Å². The fraction of sp³-hybridized carbons (Fsp3) is 0. The lowest BCUT2D eigenvalue weighted by atomic mass is 10.0. The van der Waals surface area contributed by atoms with Gasteiger partial charge in [0.05, 0.1) is 15.7 Å². The van der Waals surface area contributed by atoms with Crippen LogP contribution in [0, 0.1) is 5.82 Å². The SMILES string of the molecule is Nc1n[nH]c(-c2cccc(F)c2Br)c1-c1ccccc1Br. The summed E-state index contributed by atoms with van der Waals surface area (Å²) in [6, 6.07) is 12.5. The van der Waals surface area contributed by atoms with Crippen LogP contribution in [0.5, 0.6) is 0 Å². The van der Waals surface area contributed by atoms with Crippen molar-refractivity contribution in [1.29, 1.82) is 0 Å². The third kappa shape index (κ3) is 2.49. The van der Waals surface area contributed by atoms with Crippen molar-refractivity contribution in [2.24, 2.45) is 0 Å². The van der Waals surface area contributed by atoms with E-state index in [2.05, 4.69) is 42.1 Å². The van der Waals surface area contributed by atoms with Crippen molar-refractivity contribution >= 4 is 37.7 Å². The number of hydrogen-bond acceptors (Lipinski definition) is 2. The van der Waals surface area contributed by atoms with Crippen LogP contribution in [0.3, 0.4) is 0 Å². The van der Waals surface area contributed by atoms with E-state index in [9.17, 15) is 4.39 Å². The standard InChI is InChI=1S/C15H10Br2FN3/c16-10-6-2-1-4-8(10)12-14(20-21-15(12)19)9-5-3-7-11(18)13(9)17/h1-7H,(H3,19,20,21). The number of H-pyrrole nitrogens is 1. The first-order chi connectivity index (χ1) is 10.1. The van der Waals surface area contributed by atoms with Gasteiger partial charge in [0.2, 0.25) is 0 Å². The monoisotopic (exact) mass is 409 g/mol. The second kappa shape index (κ2) is 5.61. The third-order valence-electron chi connectivity index (χ3n) is 3.16. The number of nitrogens with two attached hydrogens (primary N) is 1. The molecule has 0 saturated heterocycles. The molecule has 2 aromatic carbocycles. The molecule has 1 heterocycles. The Balaban J connectivity index is 2.28. The van der Waals surface area contributed by atoms with Crippen molar-refractivity contribution in [3.8, 4) is 22.4 Å². The molecule has 1 aromatic heterocycles. The number of halogens is 3. The molecule has 0 saturated carbocycles. The van der Waals surface area contributed by atoms with Gasteiger partial charge >= 0.3 is 0 Å². The van der Waals surface area contributed by atoms with E-state index < -0.39 is 0 Å². The van der Waals surface area contributed by atoms with Gasteiger partial charge in [0.15, 0.2) is 5.82 Å². The molecule has 0 unspecified atom stereocenters. The Bertz CT molecular complexity index is 814. The van der Waals surface area contributed by atoms with E-state index in [0.717, 1.165) is 15.6 Å². The summed E-state index contributed by atoms with van der Waals surface area (Å²) < 4.78 is 15.0. The topological polar surface area (TPSA) is 54.7 Å². The quantitative estimate of drug-likeness (QED) is 0.625. The molecule has 0 aliphatic carbocycles. The zero-order chi connectivity index (χ0) is 15.0. The van der Waals surface area contributed by atoms with Gasteiger partial charge in [-0.3, -0.25) is 5.10 Å². The minimum Gasteiger partial charge on any atom is -0.382 e. The van der Waals surface area contributed by atoms with Crippen molar-refractivity contribution in [3.63, 3.8) is 0 Å². The second-order valence-electron chi connectivity index (χ2n) is 4.44. The zero-order valence-corrected chi connectivity index (χ0v) is 13.9. The average Bonchev–Trinajstić information content (AvgIpc) is 2.84. The van der Waals surface area contributed by atoms with Crippen LogP contribution in [0.1, 0.15) is 0 Å². The first-order valence-electron chi connectivity index (χ1n) is 6.12. The average molecular weight is 411 g/mol. The van der Waals surface area contributed by atoms with Crippen molar-refractivity contribution < 1.29 is 4.39 Å². The van der Waals surface area contributed by atoms with Crippen molar-refractivity contribution in [2.45, 2.75) is 0 Å². The van der Waals surface area contributed by atoms with Gasteiger partial charge in [0.1, 0.15) is 5.82 Å². The normalized spacial score (nSPS) is 10.8. The molecule has 3 nitrogen and oxygen atoms in total. The summed E-state index contributed by atoms with van der Waals surface area (Å²) >= 11 is 6.78. The van der Waals surface area contributed by atoms with E-state index in [0.29, 0.717) is 21.5 Å². The van der Waals surface area contributed by atoms with Gasteiger partial charge in [0.25, 0.3) is 0 Å². The van der Waals surface area contributed by atoms with Gasteiger partial charge in [0, 0.05) is 15.6 Å². The Labute approximate surface area is 137 Å². The van der Waals surface area contributed by atoms with Gasteiger partial charge in [-0.1, -0.05) is 46.3 Å². The highest BCUT2D eigenvalue weighted by Gasteiger charge is 2.19. The molecular weight excluding hydrogens is 401 g/mol. The second-order valence-corrected chi connectivity index (χ2v) is 6.09. The highest BCUT2D eigenvalue weighted by atomic mass is 79.9. The molecule has 0 aliphatic heterocycles. The summed E-state index contributed by atoms with van der Waals surface area (Å²) in [5.74, 6) is 0.0341. The molecule has 3 N–H and O–H groups in total. The molecule has 0 amide bonds. The van der Waals surface area contributed by atoms with Crippen LogP contribution in [0.25, 0.3) is 22.4 Å². The van der Waals surface area contributed by atoms with Crippen LogP contribution in [0.15, 0.2) is 51.4 Å².